The van der Waals surface area contributed by atoms with E-state index >= 15 is 0 Å². The third-order valence-electron chi connectivity index (χ3n) is 4.78. The number of ether oxygens (including phenoxy) is 1. The molecule has 1 amide bonds. The molecule has 1 atom stereocenters. The van der Waals surface area contributed by atoms with Crippen LogP contribution in [-0.4, -0.2) is 31.7 Å². The van der Waals surface area contributed by atoms with Crippen molar-refractivity contribution in [1.82, 2.24) is 5.32 Å². The Bertz CT molecular complexity index is 498. The molecule has 1 aromatic carbocycles. The number of nitrogens with one attached hydrogen (secondary N) is 1. The Morgan fingerprint density at radius 1 is 1.35 bits per heavy atom. The van der Waals surface area contributed by atoms with Gasteiger partial charge in [0.25, 0.3) is 0 Å². The molecule has 0 radical (unpaired) electrons. The molecule has 23 heavy (non-hydrogen) atoms. The van der Waals surface area contributed by atoms with Crippen LogP contribution in [0, 0.1) is 0 Å². The summed E-state index contributed by atoms with van der Waals surface area (Å²) in [6.45, 7) is 4.32. The van der Waals surface area contributed by atoms with E-state index in [0.29, 0.717) is 0 Å². The van der Waals surface area contributed by atoms with Crippen LogP contribution in [-0.2, 0) is 14.9 Å². The van der Waals surface area contributed by atoms with Crippen LogP contribution in [0.25, 0.3) is 0 Å². The van der Waals surface area contributed by atoms with Crippen molar-refractivity contribution >= 4 is 17.5 Å². The van der Waals surface area contributed by atoms with Gasteiger partial charge in [0.2, 0.25) is 5.91 Å². The van der Waals surface area contributed by atoms with E-state index in [1.165, 1.54) is 5.56 Å². The van der Waals surface area contributed by atoms with Crippen molar-refractivity contribution in [2.75, 3.05) is 19.8 Å². The minimum Gasteiger partial charge on any atom is -0.381 e. The van der Waals surface area contributed by atoms with Crippen LogP contribution in [0.4, 0.5) is 0 Å². The first-order valence-corrected chi connectivity index (χ1v) is 8.82. The Balaban J connectivity index is 2.11. The van der Waals surface area contributed by atoms with Gasteiger partial charge in [-0.05, 0) is 37.0 Å². The second kappa shape index (κ2) is 8.67. The Hall–Kier alpha value is -1.10. The quantitative estimate of drug-likeness (QED) is 0.765. The van der Waals surface area contributed by atoms with Crippen molar-refractivity contribution in [3.63, 3.8) is 0 Å². The largest absolute Gasteiger partial charge is 0.381 e. The maximum absolute atomic E-state index is 11.7. The molecule has 128 valence electrons. The molecular weight excluding hydrogens is 312 g/mol. The first kappa shape index (κ1) is 18.2. The summed E-state index contributed by atoms with van der Waals surface area (Å²) in [7, 11) is 0. The number of amides is 1. The number of carbonyl (C=O) groups is 1. The Morgan fingerprint density at radius 3 is 2.57 bits per heavy atom. The highest BCUT2D eigenvalue weighted by Crippen LogP contribution is 2.35. The van der Waals surface area contributed by atoms with Crippen LogP contribution in [0.2, 0.25) is 5.02 Å². The zero-order chi connectivity index (χ0) is 16.7. The lowest BCUT2D eigenvalue weighted by molar-refractivity contribution is -0.120. The fraction of sp³-hybridized carbons (Fsp3) is 0.611. The molecule has 5 heteroatoms. The monoisotopic (exact) mass is 338 g/mol. The fourth-order valence-electron chi connectivity index (χ4n) is 3.20. The highest BCUT2D eigenvalue weighted by molar-refractivity contribution is 6.30. The Kier molecular flexibility index (Phi) is 6.88. The summed E-state index contributed by atoms with van der Waals surface area (Å²) in [6.07, 6.45) is 4.71. The van der Waals surface area contributed by atoms with Gasteiger partial charge in [-0.25, -0.2) is 0 Å². The summed E-state index contributed by atoms with van der Waals surface area (Å²) in [5.74, 6) is -0.267. The number of primary amides is 1. The summed E-state index contributed by atoms with van der Waals surface area (Å²) in [4.78, 5) is 11.7. The van der Waals surface area contributed by atoms with E-state index in [1.807, 2.05) is 12.1 Å². The third kappa shape index (κ3) is 4.93. The van der Waals surface area contributed by atoms with Crippen LogP contribution >= 0.6 is 11.6 Å². The highest BCUT2D eigenvalue weighted by Gasteiger charge is 2.35. The highest BCUT2D eigenvalue weighted by atomic mass is 35.5. The average molecular weight is 339 g/mol. The Morgan fingerprint density at radius 2 is 2.00 bits per heavy atom. The molecule has 4 nitrogen and oxygen atoms in total. The van der Waals surface area contributed by atoms with E-state index in [0.717, 1.165) is 56.9 Å². The van der Waals surface area contributed by atoms with Gasteiger partial charge in [-0.3, -0.25) is 4.79 Å². The van der Waals surface area contributed by atoms with Crippen molar-refractivity contribution in [3.05, 3.63) is 34.9 Å². The van der Waals surface area contributed by atoms with Gasteiger partial charge in [0.1, 0.15) is 0 Å². The molecule has 3 N–H and O–H groups in total. The minimum absolute atomic E-state index is 0.0250. The van der Waals surface area contributed by atoms with E-state index in [9.17, 15) is 4.79 Å². The number of benzene rings is 1. The maximum Gasteiger partial charge on any atom is 0.234 e. The molecule has 1 aliphatic rings. The maximum atomic E-state index is 11.7. The van der Waals surface area contributed by atoms with E-state index < -0.39 is 0 Å². The van der Waals surface area contributed by atoms with E-state index in [-0.39, 0.29) is 17.4 Å². The second-order valence-corrected chi connectivity index (χ2v) is 6.81. The van der Waals surface area contributed by atoms with Gasteiger partial charge in [0.15, 0.2) is 0 Å². The van der Waals surface area contributed by atoms with Crippen molar-refractivity contribution in [1.29, 1.82) is 0 Å². The molecule has 0 saturated carbocycles. The predicted molar refractivity (Wildman–Crippen MR) is 93.7 cm³/mol. The van der Waals surface area contributed by atoms with Crippen molar-refractivity contribution in [3.8, 4) is 0 Å². The first-order valence-electron chi connectivity index (χ1n) is 8.44. The van der Waals surface area contributed by atoms with Crippen molar-refractivity contribution in [2.24, 2.45) is 5.73 Å². The van der Waals surface area contributed by atoms with Crippen LogP contribution < -0.4 is 11.1 Å². The molecule has 1 fully saturated rings. The molecule has 0 aliphatic carbocycles. The summed E-state index contributed by atoms with van der Waals surface area (Å²) in [6, 6.07) is 7.76. The van der Waals surface area contributed by atoms with Crippen LogP contribution in [0.5, 0.6) is 0 Å². The fourth-order valence-corrected chi connectivity index (χ4v) is 3.33. The molecule has 2 rings (SSSR count). The summed E-state index contributed by atoms with van der Waals surface area (Å²) >= 11 is 6.02. The van der Waals surface area contributed by atoms with Crippen LogP contribution in [0.3, 0.4) is 0 Å². The molecule has 1 heterocycles. The molecule has 1 aliphatic heterocycles. The summed E-state index contributed by atoms with van der Waals surface area (Å²) < 4.78 is 5.54. The number of hydrogen-bond donors (Lipinski definition) is 2. The molecule has 0 spiro atoms. The average Bonchev–Trinajstić information content (AvgIpc) is 2.56. The van der Waals surface area contributed by atoms with Crippen molar-refractivity contribution < 1.29 is 9.53 Å². The van der Waals surface area contributed by atoms with Crippen molar-refractivity contribution in [2.45, 2.75) is 50.5 Å². The minimum atomic E-state index is -0.267. The Labute approximate surface area is 143 Å². The molecule has 0 bridgehead atoms. The zero-order valence-corrected chi connectivity index (χ0v) is 14.6. The predicted octanol–water partition coefficient (Wildman–Crippen LogP) is 3.02. The lowest BCUT2D eigenvalue weighted by atomic mass is 9.74. The van der Waals surface area contributed by atoms with Crippen LogP contribution in [0.15, 0.2) is 24.3 Å². The first-order chi connectivity index (χ1) is 11.1. The number of carbonyl (C=O) groups excluding carboxylic acids is 1. The van der Waals surface area contributed by atoms with Gasteiger partial charge in [-0.15, -0.1) is 0 Å². The van der Waals surface area contributed by atoms with Crippen LogP contribution in [0.1, 0.15) is 44.6 Å². The van der Waals surface area contributed by atoms with E-state index in [4.69, 9.17) is 22.1 Å². The third-order valence-corrected chi connectivity index (χ3v) is 5.04. The summed E-state index contributed by atoms with van der Waals surface area (Å²) in [5, 5.41) is 4.15. The van der Waals surface area contributed by atoms with Gasteiger partial charge in [0, 0.05) is 30.2 Å². The summed E-state index contributed by atoms with van der Waals surface area (Å²) in [5.41, 5.74) is 6.77. The van der Waals surface area contributed by atoms with E-state index in [2.05, 4.69) is 24.4 Å². The number of nitrogens with two attached hydrogens (primary N) is 1. The SMILES string of the molecule is CCCC[C@H](NCC1(c2ccc(Cl)cc2)CCOCC1)C(N)=O. The molecule has 1 aromatic rings. The zero-order valence-electron chi connectivity index (χ0n) is 13.8. The topological polar surface area (TPSA) is 64.3 Å². The number of halogens is 1. The van der Waals surface area contributed by atoms with Gasteiger partial charge in [-0.1, -0.05) is 43.5 Å². The second-order valence-electron chi connectivity index (χ2n) is 6.38. The lowest BCUT2D eigenvalue weighted by Gasteiger charge is -2.39. The van der Waals surface area contributed by atoms with Gasteiger partial charge >= 0.3 is 0 Å². The smallest absolute Gasteiger partial charge is 0.234 e. The van der Waals surface area contributed by atoms with Gasteiger partial charge in [-0.2, -0.15) is 0 Å². The lowest BCUT2D eigenvalue weighted by Crippen LogP contribution is -2.49. The normalized spacial score (nSPS) is 18.5. The molecular formula is C18H27ClN2O2. The molecule has 1 saturated heterocycles. The molecule has 0 aromatic heterocycles. The van der Waals surface area contributed by atoms with E-state index in [1.54, 1.807) is 0 Å². The molecule has 0 unspecified atom stereocenters. The standard InChI is InChI=1S/C18H27ClN2O2/c1-2-3-4-16(17(20)22)21-13-18(9-11-23-12-10-18)14-5-7-15(19)8-6-14/h5-8,16,21H,2-4,9-13H2,1H3,(H2,20,22)/t16-/m0/s1. The van der Waals surface area contributed by atoms with Gasteiger partial charge < -0.3 is 15.8 Å². The number of hydrogen-bond acceptors (Lipinski definition) is 3. The number of unbranched alkanes of at least 4 members (excludes halogenated alkanes) is 1. The van der Waals surface area contributed by atoms with Gasteiger partial charge in [0.05, 0.1) is 6.04 Å². The number of rotatable bonds is 8.